The summed E-state index contributed by atoms with van der Waals surface area (Å²) in [4.78, 5) is 0. The molecule has 0 radical (unpaired) electrons. The molecule has 6 atom stereocenters. The maximum absolute atomic E-state index is 6.00. The van der Waals surface area contributed by atoms with E-state index >= 15 is 0 Å². The van der Waals surface area contributed by atoms with E-state index in [0.717, 1.165) is 34.5 Å². The van der Waals surface area contributed by atoms with Gasteiger partial charge in [-0.3, -0.25) is 0 Å². The van der Waals surface area contributed by atoms with E-state index in [4.69, 9.17) is 9.47 Å². The van der Waals surface area contributed by atoms with Gasteiger partial charge in [0.05, 0.1) is 24.4 Å². The second-order valence-electron chi connectivity index (χ2n) is 44.5. The molecule has 2 nitrogen and oxygen atoms in total. The minimum absolute atomic E-state index is 0.507. The number of rotatable bonds is 6. The first-order valence-corrected chi connectivity index (χ1v) is 45.5. The zero-order valence-corrected chi connectivity index (χ0v) is 72.9. The normalized spacial score (nSPS) is 31.6. The van der Waals surface area contributed by atoms with Gasteiger partial charge < -0.3 is 9.47 Å². The predicted molar refractivity (Wildman–Crippen MR) is 441 cm³/mol. The van der Waals surface area contributed by atoms with E-state index in [2.05, 4.69) is 166 Å². The maximum Gasteiger partial charge on any atom is 0.0614 e. The molecule has 4 saturated heterocycles. The molecule has 0 N–H and O–H groups in total. The summed E-state index contributed by atoms with van der Waals surface area (Å²) in [7, 11) is 0. The van der Waals surface area contributed by atoms with Gasteiger partial charge in [0.1, 0.15) is 0 Å². The molecule has 14 aliphatic rings. The van der Waals surface area contributed by atoms with Crippen molar-refractivity contribution < 1.29 is 9.47 Å². The first-order chi connectivity index (χ1) is 46.2. The van der Waals surface area contributed by atoms with Crippen LogP contribution < -0.4 is 0 Å². The van der Waals surface area contributed by atoms with Gasteiger partial charge >= 0.3 is 0 Å². The second-order valence-corrected chi connectivity index (χ2v) is 44.5. The quantitative estimate of drug-likeness (QED) is 0.264. The van der Waals surface area contributed by atoms with Crippen molar-refractivity contribution in [2.75, 3.05) is 0 Å². The fraction of sp³-hybridized carbons (Fsp3) is 1.00. The third-order valence-corrected chi connectivity index (χ3v) is 33.3. The smallest absolute Gasteiger partial charge is 0.0614 e. The van der Waals surface area contributed by atoms with Crippen molar-refractivity contribution in [1.82, 2.24) is 0 Å². The Bertz CT molecular complexity index is 2090. The van der Waals surface area contributed by atoms with Crippen LogP contribution >= 0.6 is 0 Å². The van der Waals surface area contributed by atoms with E-state index < -0.39 is 0 Å². The zero-order chi connectivity index (χ0) is 73.5. The van der Waals surface area contributed by atoms with Crippen molar-refractivity contribution in [2.45, 2.75) is 531 Å². The van der Waals surface area contributed by atoms with Crippen LogP contribution in [0.15, 0.2) is 0 Å². The standard InChI is InChI=1S/C13H22O.C12H20O.C11H22.2C10H20.2C9H18.2C8H16.C7H14/c1-13(7-3-2-4-8-13)11-9-10-5-6-12(11)14-10;1-12(6-2-3-7-12)10-8-9-4-5-11(10)13-9;1-10(2,3)11(4)8-6-5-7-9-11;1-9(2,3)10(4)7-5-6-8-10;1-9(2)10(3)7-5-4-6-8-10;1-8(2)9(3)6-4-5-7-9;1-3-9(2)7-5-4-6-8-9;1-8(2)6-4-3-5-7-8;1-3-8(2)6-4-5-7-8;1-7(2)5-3-4-6-7/h10-12H,2-9H2,1H3;9-11H,2-8H2,1H3;5-9H2,1-4H3;5-8H2,1-4H3;9H,4-8H2,1-3H3;8H,4-7H2,1-3H3;3-8H2,1-2H3;2*3-7H2,1-2H3;3-6H2,1-2H3. The monoisotopic (exact) mass is 1380 g/mol. The van der Waals surface area contributed by atoms with E-state index in [1.54, 1.807) is 0 Å². The van der Waals surface area contributed by atoms with Crippen molar-refractivity contribution in [3.8, 4) is 0 Å². The van der Waals surface area contributed by atoms with Gasteiger partial charge in [0.2, 0.25) is 0 Å². The van der Waals surface area contributed by atoms with E-state index in [9.17, 15) is 0 Å². The Morgan fingerprint density at radius 3 is 0.697 bits per heavy atom. The highest BCUT2D eigenvalue weighted by molar-refractivity contribution is 5.01. The molecule has 14 fully saturated rings. The third kappa shape index (κ3) is 28.8. The molecule has 10 aliphatic carbocycles. The number of hydrogen-bond donors (Lipinski definition) is 0. The summed E-state index contributed by atoms with van der Waals surface area (Å²) in [5, 5.41) is 0. The second kappa shape index (κ2) is 40.4. The average molecular weight is 1380 g/mol. The summed E-state index contributed by atoms with van der Waals surface area (Å²) in [6, 6.07) is 0. The van der Waals surface area contributed by atoms with Gasteiger partial charge in [-0.25, -0.2) is 0 Å². The SMILES string of the molecule is CC(C)(C)C1(C)CCCC1.CC(C)(C)C1(C)CCCCC1.CC(C)C1(C)CCCC1.CC(C)C1(C)CCCCC1.CC1(C)CCCC1.CC1(C)CCCCC1.CC1(C2CC3CCC2O3)CCCC1.CC1(C2CC3CCC2O3)CCCCC1.CCC1(C)CCCC1.CCC1(C)CCCCC1. The van der Waals surface area contributed by atoms with Crippen LogP contribution in [-0.4, -0.2) is 24.4 Å². The minimum Gasteiger partial charge on any atom is -0.375 e. The van der Waals surface area contributed by atoms with Crippen molar-refractivity contribution in [2.24, 2.45) is 88.7 Å². The Labute approximate surface area is 625 Å². The molecule has 0 aromatic heterocycles. The van der Waals surface area contributed by atoms with Crippen LogP contribution in [0.25, 0.3) is 0 Å². The highest BCUT2D eigenvalue weighted by Gasteiger charge is 2.51. The molecule has 14 rings (SSSR count). The van der Waals surface area contributed by atoms with Crippen LogP contribution in [0.1, 0.15) is 506 Å². The van der Waals surface area contributed by atoms with Crippen LogP contribution in [0, 0.1) is 88.7 Å². The predicted octanol–water partition coefficient (Wildman–Crippen LogP) is 33.0. The van der Waals surface area contributed by atoms with Gasteiger partial charge in [-0.2, -0.15) is 0 Å². The number of fused-ring (bicyclic) bond motifs is 4. The Morgan fingerprint density at radius 2 is 0.505 bits per heavy atom. The van der Waals surface area contributed by atoms with Crippen LogP contribution in [0.4, 0.5) is 0 Å². The topological polar surface area (TPSA) is 18.5 Å². The highest BCUT2D eigenvalue weighted by atomic mass is 16.5. The van der Waals surface area contributed by atoms with Gasteiger partial charge in [-0.05, 0) is 256 Å². The summed E-state index contributed by atoms with van der Waals surface area (Å²) in [5.41, 5.74) is 7.77. The summed E-state index contributed by atoms with van der Waals surface area (Å²) in [6.07, 6.45) is 79.3. The summed E-state index contributed by atoms with van der Waals surface area (Å²) in [5.74, 6) is 3.59. The molecule has 4 heterocycles. The van der Waals surface area contributed by atoms with Gasteiger partial charge in [0.15, 0.2) is 0 Å². The summed E-state index contributed by atoms with van der Waals surface area (Å²) >= 11 is 0. The lowest BCUT2D eigenvalue weighted by atomic mass is 9.61. The zero-order valence-electron chi connectivity index (χ0n) is 72.9. The van der Waals surface area contributed by atoms with Crippen molar-refractivity contribution in [3.63, 3.8) is 0 Å². The lowest BCUT2D eigenvalue weighted by Gasteiger charge is -2.45. The molecular formula is C97H186O2. The van der Waals surface area contributed by atoms with Crippen molar-refractivity contribution in [1.29, 1.82) is 0 Å². The largest absolute Gasteiger partial charge is 0.375 e. The van der Waals surface area contributed by atoms with E-state index in [0.29, 0.717) is 78.6 Å². The molecule has 4 aliphatic heterocycles. The molecule has 2 heteroatoms. The molecule has 586 valence electrons. The van der Waals surface area contributed by atoms with Gasteiger partial charge in [0, 0.05) is 0 Å². The van der Waals surface area contributed by atoms with E-state index in [1.165, 1.54) is 340 Å². The van der Waals surface area contributed by atoms with E-state index in [1.807, 2.05) is 0 Å². The highest BCUT2D eigenvalue weighted by Crippen LogP contribution is 2.57. The molecule has 0 aromatic rings. The molecule has 99 heavy (non-hydrogen) atoms. The molecular weight excluding hydrogens is 1200 g/mol. The van der Waals surface area contributed by atoms with Crippen LogP contribution in [0.5, 0.6) is 0 Å². The number of ether oxygens (including phenoxy) is 2. The lowest BCUT2D eigenvalue weighted by Crippen LogP contribution is -2.36. The van der Waals surface area contributed by atoms with E-state index in [-0.39, 0.29) is 0 Å². The minimum atomic E-state index is 0.507. The lowest BCUT2D eigenvalue weighted by molar-refractivity contribution is 0.0385. The fourth-order valence-corrected chi connectivity index (χ4v) is 21.9. The summed E-state index contributed by atoms with van der Waals surface area (Å²) < 4.78 is 12.0. The van der Waals surface area contributed by atoms with Gasteiger partial charge in [0.25, 0.3) is 0 Å². The Balaban J connectivity index is 0.000000200. The number of hydrogen-bond acceptors (Lipinski definition) is 2. The Hall–Kier alpha value is -0.0800. The van der Waals surface area contributed by atoms with Crippen LogP contribution in [0.3, 0.4) is 0 Å². The first-order valence-electron chi connectivity index (χ1n) is 45.5. The Kier molecular flexibility index (Phi) is 36.5. The molecule has 0 aromatic carbocycles. The summed E-state index contributed by atoms with van der Waals surface area (Å²) in [6.45, 7) is 57.5. The van der Waals surface area contributed by atoms with Crippen LogP contribution in [-0.2, 0) is 9.47 Å². The van der Waals surface area contributed by atoms with Gasteiger partial charge in [-0.1, -0.05) is 340 Å². The van der Waals surface area contributed by atoms with Crippen molar-refractivity contribution >= 4 is 0 Å². The molecule has 0 amide bonds. The first kappa shape index (κ1) is 89.5. The molecule has 10 saturated carbocycles. The molecule has 4 bridgehead atoms. The van der Waals surface area contributed by atoms with Crippen LogP contribution in [0.2, 0.25) is 0 Å². The average Bonchev–Trinajstić information content (AvgIpc) is 1.64. The van der Waals surface area contributed by atoms with Crippen molar-refractivity contribution in [3.05, 3.63) is 0 Å². The Morgan fingerprint density at radius 1 is 0.283 bits per heavy atom. The molecule has 6 unspecified atom stereocenters. The van der Waals surface area contributed by atoms with Gasteiger partial charge in [-0.15, -0.1) is 0 Å². The molecule has 0 spiro atoms. The third-order valence-electron chi connectivity index (χ3n) is 33.3. The fourth-order valence-electron chi connectivity index (χ4n) is 21.9. The maximum atomic E-state index is 6.00.